The van der Waals surface area contributed by atoms with Gasteiger partial charge in [0, 0.05) is 19.2 Å². The predicted octanol–water partition coefficient (Wildman–Crippen LogP) is 3.06. The molecule has 1 amide bonds. The molecular weight excluding hydrogens is 356 g/mol. The number of amides is 1. The largest absolute Gasteiger partial charge is 0.454 e. The number of carbonyl (C=O) groups is 1. The third-order valence-electron chi connectivity index (χ3n) is 4.35. The molecule has 0 saturated heterocycles. The van der Waals surface area contributed by atoms with E-state index in [0.29, 0.717) is 30.4 Å². The topological polar surface area (TPSA) is 85.4 Å². The molecule has 0 bridgehead atoms. The molecule has 1 aliphatic rings. The summed E-state index contributed by atoms with van der Waals surface area (Å²) >= 11 is 0. The highest BCUT2D eigenvalue weighted by Crippen LogP contribution is 2.32. The van der Waals surface area contributed by atoms with Gasteiger partial charge < -0.3 is 20.1 Å². The molecule has 0 fully saturated rings. The lowest BCUT2D eigenvalue weighted by Crippen LogP contribution is -2.24. The van der Waals surface area contributed by atoms with Gasteiger partial charge in [0.2, 0.25) is 6.79 Å². The summed E-state index contributed by atoms with van der Waals surface area (Å²) < 4.78 is 10.6. The number of hydrogen-bond donors (Lipinski definition) is 2. The van der Waals surface area contributed by atoms with E-state index in [9.17, 15) is 4.79 Å². The van der Waals surface area contributed by atoms with Crippen molar-refractivity contribution in [1.82, 2.24) is 15.3 Å². The van der Waals surface area contributed by atoms with Crippen LogP contribution in [0.1, 0.15) is 27.2 Å². The Morgan fingerprint density at radius 3 is 2.75 bits per heavy atom. The number of anilines is 1. The van der Waals surface area contributed by atoms with E-state index in [2.05, 4.69) is 39.7 Å². The minimum absolute atomic E-state index is 0.227. The van der Waals surface area contributed by atoms with Crippen LogP contribution in [0.2, 0.25) is 0 Å². The summed E-state index contributed by atoms with van der Waals surface area (Å²) in [6.45, 7) is 3.27. The van der Waals surface area contributed by atoms with Crippen LogP contribution in [0.15, 0.2) is 54.9 Å². The van der Waals surface area contributed by atoms with Crippen molar-refractivity contribution >= 4 is 11.7 Å². The molecule has 2 N–H and O–H groups in total. The quantitative estimate of drug-likeness (QED) is 0.688. The fourth-order valence-electron chi connectivity index (χ4n) is 2.92. The van der Waals surface area contributed by atoms with Gasteiger partial charge in [0.05, 0.1) is 0 Å². The number of rotatable bonds is 6. The van der Waals surface area contributed by atoms with Gasteiger partial charge in [-0.2, -0.15) is 0 Å². The summed E-state index contributed by atoms with van der Waals surface area (Å²) in [7, 11) is 0. The first kappa shape index (κ1) is 17.8. The molecule has 0 atom stereocenters. The molecule has 2 aromatic carbocycles. The maximum Gasteiger partial charge on any atom is 0.270 e. The molecule has 0 aliphatic carbocycles. The number of aryl methyl sites for hydroxylation is 1. The molecule has 7 heteroatoms. The number of benzene rings is 2. The van der Waals surface area contributed by atoms with Crippen LogP contribution in [-0.4, -0.2) is 22.7 Å². The molecule has 0 spiro atoms. The third-order valence-corrected chi connectivity index (χ3v) is 4.35. The summed E-state index contributed by atoms with van der Waals surface area (Å²) in [5.41, 5.74) is 3.57. The third kappa shape index (κ3) is 4.20. The van der Waals surface area contributed by atoms with E-state index in [0.717, 1.165) is 16.9 Å². The van der Waals surface area contributed by atoms with Crippen molar-refractivity contribution < 1.29 is 14.3 Å². The van der Waals surface area contributed by atoms with Crippen molar-refractivity contribution in [3.63, 3.8) is 0 Å². The molecule has 142 valence electrons. The summed E-state index contributed by atoms with van der Waals surface area (Å²) in [4.78, 5) is 20.7. The zero-order valence-electron chi connectivity index (χ0n) is 15.4. The number of fused-ring (bicyclic) bond motifs is 1. The Morgan fingerprint density at radius 2 is 1.86 bits per heavy atom. The van der Waals surface area contributed by atoms with Gasteiger partial charge >= 0.3 is 0 Å². The van der Waals surface area contributed by atoms with Gasteiger partial charge in [-0.05, 0) is 30.2 Å². The van der Waals surface area contributed by atoms with Gasteiger partial charge in [-0.25, -0.2) is 9.97 Å². The maximum atomic E-state index is 12.4. The first-order valence-corrected chi connectivity index (χ1v) is 8.95. The van der Waals surface area contributed by atoms with Crippen molar-refractivity contribution in [3.8, 4) is 11.5 Å². The van der Waals surface area contributed by atoms with Crippen LogP contribution < -0.4 is 20.1 Å². The molecular formula is C21H20N4O3. The zero-order chi connectivity index (χ0) is 19.3. The predicted molar refractivity (Wildman–Crippen MR) is 104 cm³/mol. The number of hydrogen-bond acceptors (Lipinski definition) is 6. The van der Waals surface area contributed by atoms with Crippen LogP contribution in [0.25, 0.3) is 0 Å². The summed E-state index contributed by atoms with van der Waals surface area (Å²) in [6, 6.07) is 15.4. The molecule has 2 heterocycles. The van der Waals surface area contributed by atoms with E-state index in [1.54, 1.807) is 6.07 Å². The number of aromatic nitrogens is 2. The van der Waals surface area contributed by atoms with Gasteiger partial charge in [0.15, 0.2) is 11.5 Å². The second-order valence-electron chi connectivity index (χ2n) is 6.50. The Balaban J connectivity index is 1.36. The zero-order valence-corrected chi connectivity index (χ0v) is 15.4. The van der Waals surface area contributed by atoms with Crippen molar-refractivity contribution in [3.05, 3.63) is 77.2 Å². The minimum atomic E-state index is -0.265. The Morgan fingerprint density at radius 1 is 1.00 bits per heavy atom. The van der Waals surface area contributed by atoms with E-state index in [4.69, 9.17) is 9.47 Å². The lowest BCUT2D eigenvalue weighted by Gasteiger charge is -2.09. The highest BCUT2D eigenvalue weighted by Gasteiger charge is 2.14. The normalized spacial score (nSPS) is 11.9. The smallest absolute Gasteiger partial charge is 0.270 e. The fraction of sp³-hybridized carbons (Fsp3) is 0.190. The molecule has 0 unspecified atom stereocenters. The van der Waals surface area contributed by atoms with Crippen molar-refractivity contribution in [1.29, 1.82) is 0 Å². The molecule has 1 aromatic heterocycles. The number of ether oxygens (including phenoxy) is 2. The first-order valence-electron chi connectivity index (χ1n) is 8.95. The van der Waals surface area contributed by atoms with E-state index in [1.165, 1.54) is 11.9 Å². The van der Waals surface area contributed by atoms with Gasteiger partial charge in [0.25, 0.3) is 5.91 Å². The van der Waals surface area contributed by atoms with E-state index in [1.807, 2.05) is 30.3 Å². The first-order chi connectivity index (χ1) is 13.7. The van der Waals surface area contributed by atoms with E-state index >= 15 is 0 Å². The monoisotopic (exact) mass is 376 g/mol. The summed E-state index contributed by atoms with van der Waals surface area (Å²) in [6.07, 6.45) is 1.38. The molecule has 4 rings (SSSR count). The second-order valence-corrected chi connectivity index (χ2v) is 6.50. The minimum Gasteiger partial charge on any atom is -0.454 e. The molecule has 1 aliphatic heterocycles. The number of nitrogens with zero attached hydrogens (tertiary/aromatic N) is 2. The van der Waals surface area contributed by atoms with Crippen molar-refractivity contribution in [2.45, 2.75) is 20.0 Å². The standard InChI is InChI=1S/C21H20N4O3/c1-14-3-2-4-15(7-14)10-22-20-9-17(24-12-25-20)21(26)23-11-16-5-6-18-19(8-16)28-13-27-18/h2-9,12H,10-11,13H2,1H3,(H,23,26)(H,22,24,25). The van der Waals surface area contributed by atoms with Crippen molar-refractivity contribution in [2.24, 2.45) is 0 Å². The maximum absolute atomic E-state index is 12.4. The van der Waals surface area contributed by atoms with Crippen LogP contribution >= 0.6 is 0 Å². The Bertz CT molecular complexity index is 1010. The van der Waals surface area contributed by atoms with Crippen LogP contribution in [0.4, 0.5) is 5.82 Å². The lowest BCUT2D eigenvalue weighted by atomic mass is 10.1. The SMILES string of the molecule is Cc1cccc(CNc2cc(C(=O)NCc3ccc4c(c3)OCO4)ncn2)c1. The molecule has 7 nitrogen and oxygen atoms in total. The molecule has 28 heavy (non-hydrogen) atoms. The van der Waals surface area contributed by atoms with Gasteiger partial charge in [-0.15, -0.1) is 0 Å². The van der Waals surface area contributed by atoms with Gasteiger partial charge in [0.1, 0.15) is 17.8 Å². The number of nitrogens with one attached hydrogen (secondary N) is 2. The average Bonchev–Trinajstić information content (AvgIpc) is 3.19. The Hall–Kier alpha value is -3.61. The van der Waals surface area contributed by atoms with Crippen LogP contribution in [-0.2, 0) is 13.1 Å². The van der Waals surface area contributed by atoms with Gasteiger partial charge in [-0.1, -0.05) is 35.9 Å². The highest BCUT2D eigenvalue weighted by molar-refractivity contribution is 5.92. The number of carbonyl (C=O) groups excluding carboxylic acids is 1. The summed E-state index contributed by atoms with van der Waals surface area (Å²) in [5, 5.41) is 6.09. The molecule has 3 aromatic rings. The second kappa shape index (κ2) is 7.96. The van der Waals surface area contributed by atoms with Crippen LogP contribution in [0.3, 0.4) is 0 Å². The fourth-order valence-corrected chi connectivity index (χ4v) is 2.92. The van der Waals surface area contributed by atoms with E-state index < -0.39 is 0 Å². The highest BCUT2D eigenvalue weighted by atomic mass is 16.7. The van der Waals surface area contributed by atoms with Crippen molar-refractivity contribution in [2.75, 3.05) is 12.1 Å². The average molecular weight is 376 g/mol. The Labute approximate surface area is 162 Å². The van der Waals surface area contributed by atoms with Crippen LogP contribution in [0, 0.1) is 6.92 Å². The molecule has 0 radical (unpaired) electrons. The van der Waals surface area contributed by atoms with E-state index in [-0.39, 0.29) is 12.7 Å². The summed E-state index contributed by atoms with van der Waals surface area (Å²) in [5.74, 6) is 1.75. The van der Waals surface area contributed by atoms with Crippen LogP contribution in [0.5, 0.6) is 11.5 Å². The van der Waals surface area contributed by atoms with Gasteiger partial charge in [-0.3, -0.25) is 4.79 Å². The molecule has 0 saturated carbocycles. The Kier molecular flexibility index (Phi) is 5.05. The lowest BCUT2D eigenvalue weighted by molar-refractivity contribution is 0.0945.